The zero-order valence-electron chi connectivity index (χ0n) is 11.7. The molecule has 2 rings (SSSR count). The molecule has 0 atom stereocenters. The van der Waals surface area contributed by atoms with Crippen LogP contribution in [0, 0.1) is 11.6 Å². The number of aromatic nitrogens is 1. The summed E-state index contributed by atoms with van der Waals surface area (Å²) in [5.41, 5.74) is 1.32. The molecule has 0 N–H and O–H groups in total. The fourth-order valence-corrected chi connectivity index (χ4v) is 1.95. The molecule has 3 nitrogen and oxygen atoms in total. The Morgan fingerprint density at radius 3 is 2.52 bits per heavy atom. The van der Waals surface area contributed by atoms with Crippen molar-refractivity contribution in [3.63, 3.8) is 0 Å². The first-order valence-corrected chi connectivity index (χ1v) is 6.62. The molecule has 0 saturated carbocycles. The van der Waals surface area contributed by atoms with Gasteiger partial charge in [-0.05, 0) is 49.4 Å². The van der Waals surface area contributed by atoms with Crippen molar-refractivity contribution < 1.29 is 13.6 Å². The molecule has 21 heavy (non-hydrogen) atoms. The summed E-state index contributed by atoms with van der Waals surface area (Å²) < 4.78 is 25.9. The standard InChI is InChI=1S/C16H16F2N2O/c1-20(9-6-12-4-7-19-8-5-12)11-16(21)13-2-3-14(17)15(18)10-13/h2-5,7-8,10H,6,9,11H2,1H3. The van der Waals surface area contributed by atoms with Crippen LogP contribution < -0.4 is 0 Å². The second-order valence-corrected chi connectivity index (χ2v) is 4.90. The Hall–Kier alpha value is -2.14. The number of rotatable bonds is 6. The SMILES string of the molecule is CN(CCc1ccncc1)CC(=O)c1ccc(F)c(F)c1. The van der Waals surface area contributed by atoms with E-state index in [2.05, 4.69) is 4.98 Å². The molecule has 0 bridgehead atoms. The minimum absolute atomic E-state index is 0.163. The summed E-state index contributed by atoms with van der Waals surface area (Å²) in [5.74, 6) is -2.18. The van der Waals surface area contributed by atoms with Crippen molar-refractivity contribution in [2.75, 3.05) is 20.1 Å². The van der Waals surface area contributed by atoms with Gasteiger partial charge in [-0.25, -0.2) is 8.78 Å². The molecule has 0 unspecified atom stereocenters. The summed E-state index contributed by atoms with van der Waals surface area (Å²) in [6.07, 6.45) is 4.24. The molecule has 1 aromatic carbocycles. The van der Waals surface area contributed by atoms with E-state index in [0.717, 1.165) is 24.1 Å². The van der Waals surface area contributed by atoms with E-state index in [-0.39, 0.29) is 17.9 Å². The van der Waals surface area contributed by atoms with Gasteiger partial charge in [0, 0.05) is 24.5 Å². The highest BCUT2D eigenvalue weighted by Gasteiger charge is 2.12. The number of hydrogen-bond donors (Lipinski definition) is 0. The first-order chi connectivity index (χ1) is 10.1. The third kappa shape index (κ3) is 4.43. The fourth-order valence-electron chi connectivity index (χ4n) is 1.95. The second kappa shape index (κ2) is 7.04. The van der Waals surface area contributed by atoms with Crippen molar-refractivity contribution in [1.82, 2.24) is 9.88 Å². The van der Waals surface area contributed by atoms with E-state index in [1.54, 1.807) is 12.4 Å². The van der Waals surface area contributed by atoms with Gasteiger partial charge in [0.2, 0.25) is 0 Å². The summed E-state index contributed by atoms with van der Waals surface area (Å²) in [6, 6.07) is 7.06. The number of nitrogens with zero attached hydrogens (tertiary/aromatic N) is 2. The van der Waals surface area contributed by atoms with Crippen LogP contribution in [0.2, 0.25) is 0 Å². The second-order valence-electron chi connectivity index (χ2n) is 4.90. The number of Topliss-reactive ketones (excluding diaryl/α,β-unsaturated/α-hetero) is 1. The van der Waals surface area contributed by atoms with Gasteiger partial charge < -0.3 is 0 Å². The van der Waals surface area contributed by atoms with Crippen molar-refractivity contribution in [2.24, 2.45) is 0 Å². The number of pyridine rings is 1. The fraction of sp³-hybridized carbons (Fsp3) is 0.250. The van der Waals surface area contributed by atoms with Crippen LogP contribution in [0.4, 0.5) is 8.78 Å². The lowest BCUT2D eigenvalue weighted by atomic mass is 10.1. The Kier molecular flexibility index (Phi) is 5.11. The van der Waals surface area contributed by atoms with E-state index < -0.39 is 11.6 Å². The molecular formula is C16H16F2N2O. The largest absolute Gasteiger partial charge is 0.299 e. The minimum atomic E-state index is -1.000. The molecule has 0 saturated heterocycles. The highest BCUT2D eigenvalue weighted by Crippen LogP contribution is 2.10. The topological polar surface area (TPSA) is 33.2 Å². The third-order valence-electron chi connectivity index (χ3n) is 3.19. The van der Waals surface area contributed by atoms with Crippen molar-refractivity contribution >= 4 is 5.78 Å². The molecular weight excluding hydrogens is 274 g/mol. The molecule has 1 aromatic heterocycles. The minimum Gasteiger partial charge on any atom is -0.299 e. The average Bonchev–Trinajstić information content (AvgIpc) is 2.49. The van der Waals surface area contributed by atoms with Gasteiger partial charge in [-0.2, -0.15) is 0 Å². The van der Waals surface area contributed by atoms with Crippen LogP contribution in [0.15, 0.2) is 42.7 Å². The maximum absolute atomic E-state index is 13.1. The first kappa shape index (κ1) is 15.3. The van der Waals surface area contributed by atoms with Gasteiger partial charge in [0.05, 0.1) is 6.54 Å². The van der Waals surface area contributed by atoms with Gasteiger partial charge in [-0.3, -0.25) is 14.7 Å². The highest BCUT2D eigenvalue weighted by molar-refractivity contribution is 5.97. The molecule has 0 aliphatic carbocycles. The summed E-state index contributed by atoms with van der Waals surface area (Å²) in [6.45, 7) is 0.857. The molecule has 2 aromatic rings. The molecule has 0 aliphatic rings. The van der Waals surface area contributed by atoms with Crippen molar-refractivity contribution in [3.8, 4) is 0 Å². The van der Waals surface area contributed by atoms with Gasteiger partial charge in [0.15, 0.2) is 17.4 Å². The molecule has 0 radical (unpaired) electrons. The highest BCUT2D eigenvalue weighted by atomic mass is 19.2. The summed E-state index contributed by atoms with van der Waals surface area (Å²) >= 11 is 0. The number of benzene rings is 1. The lowest BCUT2D eigenvalue weighted by Gasteiger charge is -2.15. The Bertz CT molecular complexity index is 617. The average molecular weight is 290 g/mol. The zero-order chi connectivity index (χ0) is 15.2. The third-order valence-corrected chi connectivity index (χ3v) is 3.19. The Morgan fingerprint density at radius 1 is 1.14 bits per heavy atom. The zero-order valence-corrected chi connectivity index (χ0v) is 11.7. The number of hydrogen-bond acceptors (Lipinski definition) is 3. The Morgan fingerprint density at radius 2 is 1.86 bits per heavy atom. The molecule has 0 spiro atoms. The smallest absolute Gasteiger partial charge is 0.176 e. The summed E-state index contributed by atoms with van der Waals surface area (Å²) in [5, 5.41) is 0. The maximum atomic E-state index is 13.1. The van der Waals surface area contributed by atoms with Gasteiger partial charge in [0.1, 0.15) is 0 Å². The van der Waals surface area contributed by atoms with Crippen LogP contribution in [0.3, 0.4) is 0 Å². The normalized spacial score (nSPS) is 10.9. The van der Waals surface area contributed by atoms with Crippen molar-refractivity contribution in [2.45, 2.75) is 6.42 Å². The Labute approximate surface area is 122 Å². The molecule has 0 amide bonds. The van der Waals surface area contributed by atoms with Crippen LogP contribution in [-0.2, 0) is 6.42 Å². The van der Waals surface area contributed by atoms with E-state index in [0.29, 0.717) is 6.54 Å². The molecule has 1 heterocycles. The van der Waals surface area contributed by atoms with Crippen LogP contribution in [0.5, 0.6) is 0 Å². The quantitative estimate of drug-likeness (QED) is 0.767. The molecule has 110 valence electrons. The van der Waals surface area contributed by atoms with Gasteiger partial charge in [-0.1, -0.05) is 0 Å². The van der Waals surface area contributed by atoms with Gasteiger partial charge in [-0.15, -0.1) is 0 Å². The molecule has 0 fully saturated rings. The van der Waals surface area contributed by atoms with Crippen LogP contribution in [0.1, 0.15) is 15.9 Å². The first-order valence-electron chi connectivity index (χ1n) is 6.62. The van der Waals surface area contributed by atoms with E-state index >= 15 is 0 Å². The number of ketones is 1. The van der Waals surface area contributed by atoms with Gasteiger partial charge in [0.25, 0.3) is 0 Å². The predicted octanol–water partition coefficient (Wildman–Crippen LogP) is 2.72. The summed E-state index contributed by atoms with van der Waals surface area (Å²) in [7, 11) is 1.82. The van der Waals surface area contributed by atoms with Crippen LogP contribution >= 0.6 is 0 Å². The van der Waals surface area contributed by atoms with E-state index in [1.165, 1.54) is 6.07 Å². The number of likely N-dealkylation sites (N-methyl/N-ethyl adjacent to an activating group) is 1. The summed E-state index contributed by atoms with van der Waals surface area (Å²) in [4.78, 5) is 17.8. The maximum Gasteiger partial charge on any atom is 0.176 e. The van der Waals surface area contributed by atoms with E-state index in [1.807, 2.05) is 24.1 Å². The van der Waals surface area contributed by atoms with Crippen molar-refractivity contribution in [1.29, 1.82) is 0 Å². The van der Waals surface area contributed by atoms with E-state index in [9.17, 15) is 13.6 Å². The monoisotopic (exact) mass is 290 g/mol. The van der Waals surface area contributed by atoms with Crippen LogP contribution in [0.25, 0.3) is 0 Å². The lowest BCUT2D eigenvalue weighted by molar-refractivity contribution is 0.0946. The Balaban J connectivity index is 1.88. The van der Waals surface area contributed by atoms with E-state index in [4.69, 9.17) is 0 Å². The molecule has 5 heteroatoms. The van der Waals surface area contributed by atoms with Gasteiger partial charge >= 0.3 is 0 Å². The van der Waals surface area contributed by atoms with Crippen LogP contribution in [-0.4, -0.2) is 35.8 Å². The molecule has 0 aliphatic heterocycles. The number of carbonyl (C=O) groups is 1. The lowest BCUT2D eigenvalue weighted by Crippen LogP contribution is -2.28. The number of halogens is 2. The number of carbonyl (C=O) groups excluding carboxylic acids is 1. The predicted molar refractivity (Wildman–Crippen MR) is 76.1 cm³/mol. The van der Waals surface area contributed by atoms with Crippen molar-refractivity contribution in [3.05, 3.63) is 65.5 Å².